The lowest BCUT2D eigenvalue weighted by molar-refractivity contribution is 0.0927. The molecule has 4 aromatic carbocycles. The number of thiophene rings is 2. The highest BCUT2D eigenvalue weighted by Gasteiger charge is 2.39. The van der Waals surface area contributed by atoms with Gasteiger partial charge in [-0.2, -0.15) is 26.3 Å². The Morgan fingerprint density at radius 1 is 0.562 bits per heavy atom. The predicted molar refractivity (Wildman–Crippen MR) is 388 cm³/mol. The molecule has 0 saturated carbocycles. The van der Waals surface area contributed by atoms with Gasteiger partial charge in [-0.1, -0.05) is 101 Å². The molecule has 8 rings (SSSR count). The molecule has 0 unspecified atom stereocenters. The first-order valence-corrected chi connectivity index (χ1v) is 33.4. The van der Waals surface area contributed by atoms with Gasteiger partial charge in [-0.15, -0.1) is 22.7 Å². The van der Waals surface area contributed by atoms with Crippen molar-refractivity contribution >= 4 is 70.7 Å². The number of allylic oxidation sites excluding steroid dienone is 3. The first kappa shape index (κ1) is 76.5. The first-order valence-electron chi connectivity index (χ1n) is 31.8. The maximum Gasteiger partial charge on any atom is 0.237 e. The minimum atomic E-state index is -0.849. The van der Waals surface area contributed by atoms with Crippen LogP contribution >= 0.6 is 22.7 Å². The quantitative estimate of drug-likeness (QED) is 0.0193. The van der Waals surface area contributed by atoms with Gasteiger partial charge in [-0.05, 0) is 169 Å². The lowest BCUT2D eigenvalue weighted by Crippen LogP contribution is -2.25. The van der Waals surface area contributed by atoms with Crippen LogP contribution in [-0.4, -0.2) is 67.1 Å². The largest absolute Gasteiger partial charge is 0.493 e. The summed E-state index contributed by atoms with van der Waals surface area (Å²) in [5, 5.41) is 63.5. The second-order valence-corrected chi connectivity index (χ2v) is 25.5. The van der Waals surface area contributed by atoms with Crippen molar-refractivity contribution in [2.75, 3.05) is 49.2 Å². The number of aliphatic hydroxyl groups is 2. The van der Waals surface area contributed by atoms with Crippen LogP contribution in [-0.2, 0) is 22.7 Å². The van der Waals surface area contributed by atoms with Crippen molar-refractivity contribution in [2.45, 2.75) is 132 Å². The van der Waals surface area contributed by atoms with E-state index in [1.165, 1.54) is 11.3 Å². The summed E-state index contributed by atoms with van der Waals surface area (Å²) in [5.41, 5.74) is 6.46. The standard InChI is InChI=1S/C39H40N4O3S.C28H33NO3S.C11H9N3O.CH4/c1-5-6-22-43(23-10-11-24-44)32-16-14-30(36(25-32)45-28-29-12-8-7-9-13-29)15-17-33-18-19-34(47-33)20-21-35-37(42-4)38(31(26-40)27-41)46-39(35,2)3;1-2-3-17-29(18-7-8-19-30)25-13-11-24(12-14-26-15-16-27(21-31)33-26)28(20-25)32-22-23-9-5-4-6-10-23;1-7-9(6-14)10(8(4-12)5-13)15-11(7,2)3;/h7-9,12-21,25,44H,5-6,10-11,22-24,28H2,1-3H3;4-6,9-16,20-21,30H,2-3,7-8,17-19,22H2,1H3;1-3H3;1H4/b17-15+,21-20+;14-12+;;. The Kier molecular flexibility index (Phi) is 31.5. The van der Waals surface area contributed by atoms with E-state index in [1.54, 1.807) is 44.2 Å². The van der Waals surface area contributed by atoms with Crippen LogP contribution in [0.25, 0.3) is 35.2 Å². The number of carbonyl (C=O) groups excluding carboxylic acids is 1. The Hall–Kier alpha value is -10.2. The molecule has 2 aliphatic heterocycles. The molecule has 0 saturated heterocycles. The highest BCUT2D eigenvalue weighted by molar-refractivity contribution is 7.14. The molecule has 15 nitrogen and oxygen atoms in total. The van der Waals surface area contributed by atoms with Crippen molar-refractivity contribution in [3.63, 3.8) is 0 Å². The van der Waals surface area contributed by atoms with Crippen molar-refractivity contribution in [1.29, 1.82) is 26.3 Å². The smallest absolute Gasteiger partial charge is 0.237 e. The van der Waals surface area contributed by atoms with E-state index >= 15 is 0 Å². The number of nitriles is 5. The van der Waals surface area contributed by atoms with E-state index in [-0.39, 0.29) is 54.6 Å². The Bertz CT molecular complexity index is 4020. The van der Waals surface area contributed by atoms with E-state index < -0.39 is 11.2 Å². The van der Waals surface area contributed by atoms with E-state index in [4.69, 9.17) is 41.3 Å². The van der Waals surface area contributed by atoms with Crippen LogP contribution in [0.1, 0.15) is 154 Å². The van der Waals surface area contributed by atoms with Crippen molar-refractivity contribution in [3.05, 3.63) is 226 Å². The molecule has 0 fully saturated rings. The van der Waals surface area contributed by atoms with Gasteiger partial charge in [0.2, 0.25) is 5.70 Å². The third-order valence-corrected chi connectivity index (χ3v) is 17.6. The molecular weight excluding hydrogens is 1240 g/mol. The fraction of sp³-hybridized carbons (Fsp3) is 0.329. The third kappa shape index (κ3) is 22.2. The number of carbonyl (C=O) groups is 1. The fourth-order valence-electron chi connectivity index (χ4n) is 10.0. The van der Waals surface area contributed by atoms with E-state index in [2.05, 4.69) is 101 Å². The Morgan fingerprint density at radius 3 is 1.39 bits per heavy atom. The number of hydrogen-bond donors (Lipinski definition) is 2. The summed E-state index contributed by atoms with van der Waals surface area (Å²) >= 11 is 3.08. The monoisotopic (exact) mass is 1320 g/mol. The Balaban J connectivity index is 0.000000294. The maximum absolute atomic E-state index is 11.0. The topological polar surface area (TPSA) is 224 Å². The van der Waals surface area contributed by atoms with Gasteiger partial charge >= 0.3 is 0 Å². The molecule has 96 heavy (non-hydrogen) atoms. The van der Waals surface area contributed by atoms with Gasteiger partial charge in [0.05, 0.1) is 17.0 Å². The fourth-order valence-corrected chi connectivity index (χ4v) is 11.6. The van der Waals surface area contributed by atoms with Crippen LogP contribution in [0.3, 0.4) is 0 Å². The SMILES string of the molecule is C.CC1=C(C#N)C(=C(C#N)C#N)OC1(C)C.CCCCN(CCCCO)c1ccc(/C=C/c2ccc(C=O)s2)c(OCc2ccccc2)c1.[C-]#[N+]C1=C(/C=C/c2ccc(/C=C/c3ccc(N(CCCC)CCCCO)cc3OCc3ccccc3)s2)C(C)(C)OC1=C(C#N)C#N. The van der Waals surface area contributed by atoms with Gasteiger partial charge in [0.25, 0.3) is 0 Å². The molecule has 17 heteroatoms. The summed E-state index contributed by atoms with van der Waals surface area (Å²) in [6.45, 7) is 26.2. The molecule has 0 bridgehead atoms. The second-order valence-electron chi connectivity index (χ2n) is 23.2. The normalized spacial score (nSPS) is 13.3. The predicted octanol–water partition coefficient (Wildman–Crippen LogP) is 18.4. The van der Waals surface area contributed by atoms with Crippen molar-refractivity contribution in [3.8, 4) is 41.8 Å². The number of nitrogens with zero attached hydrogens (tertiary/aromatic N) is 8. The summed E-state index contributed by atoms with van der Waals surface area (Å²) in [5.74, 6) is 1.79. The highest BCUT2D eigenvalue weighted by atomic mass is 32.1. The zero-order valence-electron chi connectivity index (χ0n) is 55.2. The molecule has 4 heterocycles. The number of rotatable bonds is 29. The van der Waals surface area contributed by atoms with Crippen LogP contribution in [0.4, 0.5) is 11.4 Å². The lowest BCUT2D eigenvalue weighted by atomic mass is 9.97. The van der Waals surface area contributed by atoms with E-state index in [0.29, 0.717) is 18.8 Å². The summed E-state index contributed by atoms with van der Waals surface area (Å²) < 4.78 is 24.0. The van der Waals surface area contributed by atoms with Gasteiger partial charge in [0.15, 0.2) is 29.0 Å². The molecule has 2 aliphatic rings. The van der Waals surface area contributed by atoms with E-state index in [1.807, 2.05) is 117 Å². The van der Waals surface area contributed by atoms with E-state index in [0.717, 1.165) is 154 Å². The lowest BCUT2D eigenvalue weighted by Gasteiger charge is -2.26. The molecule has 0 spiro atoms. The Labute approximate surface area is 576 Å². The van der Waals surface area contributed by atoms with Crippen molar-refractivity contribution < 1.29 is 34.0 Å². The van der Waals surface area contributed by atoms with Crippen LogP contribution in [0.5, 0.6) is 11.5 Å². The third-order valence-electron chi connectivity index (χ3n) is 15.6. The number of anilines is 2. The summed E-state index contributed by atoms with van der Waals surface area (Å²) in [7, 11) is 0. The van der Waals surface area contributed by atoms with Gasteiger partial charge in [0.1, 0.15) is 66.3 Å². The molecule has 0 atom stereocenters. The molecule has 6 aromatic rings. The molecule has 0 aliphatic carbocycles. The highest BCUT2D eigenvalue weighted by Crippen LogP contribution is 2.42. The Morgan fingerprint density at radius 2 is 0.979 bits per heavy atom. The molecule has 0 amide bonds. The zero-order valence-corrected chi connectivity index (χ0v) is 56.9. The minimum Gasteiger partial charge on any atom is -0.493 e. The number of aliphatic hydroxyl groups excluding tert-OH is 2. The van der Waals surface area contributed by atoms with Crippen molar-refractivity contribution in [1.82, 2.24) is 0 Å². The first-order chi connectivity index (χ1) is 46.0. The second kappa shape index (κ2) is 39.5. The number of benzene rings is 4. The molecular formula is C79H86N8O7S2. The van der Waals surface area contributed by atoms with Gasteiger partial charge in [-0.25, -0.2) is 4.85 Å². The van der Waals surface area contributed by atoms with Crippen LogP contribution < -0.4 is 19.3 Å². The summed E-state index contributed by atoms with van der Waals surface area (Å²) in [6.07, 6.45) is 20.8. The summed E-state index contributed by atoms with van der Waals surface area (Å²) in [6, 6.07) is 50.0. The zero-order chi connectivity index (χ0) is 68.6. The van der Waals surface area contributed by atoms with Crippen LogP contribution in [0.15, 0.2) is 172 Å². The number of ether oxygens (including phenoxy) is 4. The van der Waals surface area contributed by atoms with Crippen molar-refractivity contribution in [2.24, 2.45) is 0 Å². The summed E-state index contributed by atoms with van der Waals surface area (Å²) in [4.78, 5) is 23.1. The van der Waals surface area contributed by atoms with E-state index in [9.17, 15) is 25.5 Å². The van der Waals surface area contributed by atoms with Gasteiger partial charge < -0.3 is 39.0 Å². The van der Waals surface area contributed by atoms with Gasteiger partial charge in [0, 0.05) is 94.2 Å². The average Bonchev–Trinajstić information content (AvgIpc) is 1.64. The van der Waals surface area contributed by atoms with Crippen LogP contribution in [0.2, 0.25) is 0 Å². The van der Waals surface area contributed by atoms with Crippen LogP contribution in [0, 0.1) is 63.2 Å². The molecule has 2 aromatic heterocycles. The number of unbranched alkanes of at least 4 members (excludes halogenated alkanes) is 4. The number of aldehydes is 1. The maximum atomic E-state index is 11.0. The molecule has 0 radical (unpaired) electrons. The average molecular weight is 1320 g/mol. The molecule has 2 N–H and O–H groups in total. The minimum absolute atomic E-state index is 0. The van der Waals surface area contributed by atoms with Gasteiger partial charge in [-0.3, -0.25) is 4.79 Å². The number of hydrogen-bond acceptors (Lipinski definition) is 16. The molecule has 496 valence electrons.